The molecule has 2 bridgehead atoms. The summed E-state index contributed by atoms with van der Waals surface area (Å²) in [5.74, 6) is -1.29. The molecule has 0 aromatic heterocycles. The van der Waals surface area contributed by atoms with Crippen LogP contribution in [0.5, 0.6) is 0 Å². The monoisotopic (exact) mass is 263 g/mol. The van der Waals surface area contributed by atoms with Crippen LogP contribution >= 0.6 is 0 Å². The van der Waals surface area contributed by atoms with Gasteiger partial charge in [0.1, 0.15) is 5.69 Å². The molecule has 100 valence electrons. The number of fused-ring (bicyclic) bond motifs is 2. The van der Waals surface area contributed by atoms with Crippen LogP contribution in [0.3, 0.4) is 0 Å². The van der Waals surface area contributed by atoms with E-state index in [9.17, 15) is 8.78 Å². The van der Waals surface area contributed by atoms with E-state index in [1.165, 1.54) is 0 Å². The zero-order chi connectivity index (χ0) is 13.4. The third kappa shape index (κ3) is 2.28. The van der Waals surface area contributed by atoms with Crippen molar-refractivity contribution < 1.29 is 8.78 Å². The molecule has 5 heteroatoms. The predicted octanol–water partition coefficient (Wildman–Crippen LogP) is 2.17. The Morgan fingerprint density at radius 2 is 1.84 bits per heavy atom. The van der Waals surface area contributed by atoms with Gasteiger partial charge in [-0.1, -0.05) is 0 Å². The molecule has 0 saturated carbocycles. The van der Waals surface area contributed by atoms with Gasteiger partial charge >= 0.3 is 0 Å². The van der Waals surface area contributed by atoms with Crippen LogP contribution in [-0.2, 0) is 0 Å². The molecule has 3 rings (SSSR count). The van der Waals surface area contributed by atoms with E-state index in [0.717, 1.165) is 31.4 Å². The number of hydrogen-bond donors (Lipinski definition) is 1. The Kier molecular flexibility index (Phi) is 3.11. The lowest BCUT2D eigenvalue weighted by Crippen LogP contribution is -2.36. The van der Waals surface area contributed by atoms with E-state index in [4.69, 9.17) is 5.26 Å². The zero-order valence-electron chi connectivity index (χ0n) is 10.5. The van der Waals surface area contributed by atoms with Gasteiger partial charge < -0.3 is 10.2 Å². The third-order valence-corrected chi connectivity index (χ3v) is 3.99. The number of anilines is 1. The summed E-state index contributed by atoms with van der Waals surface area (Å²) in [6, 6.07) is 4.76. The van der Waals surface area contributed by atoms with Crippen LogP contribution in [0.1, 0.15) is 24.8 Å². The zero-order valence-corrected chi connectivity index (χ0v) is 10.5. The summed E-state index contributed by atoms with van der Waals surface area (Å²) in [5, 5.41) is 12.2. The van der Waals surface area contributed by atoms with Crippen LogP contribution in [0.25, 0.3) is 0 Å². The molecule has 3 nitrogen and oxygen atoms in total. The van der Waals surface area contributed by atoms with Gasteiger partial charge in [0.2, 0.25) is 0 Å². The molecule has 2 aliphatic heterocycles. The molecule has 0 aliphatic carbocycles. The minimum Gasteiger partial charge on any atom is -0.365 e. The topological polar surface area (TPSA) is 39.1 Å². The lowest BCUT2D eigenvalue weighted by atomic mass is 10.1. The first-order valence-corrected chi connectivity index (χ1v) is 6.57. The van der Waals surface area contributed by atoms with Crippen LogP contribution in [0.2, 0.25) is 0 Å². The summed E-state index contributed by atoms with van der Waals surface area (Å²) in [5.41, 5.74) is 0.0292. The fourth-order valence-electron chi connectivity index (χ4n) is 3.08. The van der Waals surface area contributed by atoms with E-state index in [-0.39, 0.29) is 11.3 Å². The highest BCUT2D eigenvalue weighted by Crippen LogP contribution is 2.29. The second-order valence-corrected chi connectivity index (χ2v) is 5.27. The van der Waals surface area contributed by atoms with Gasteiger partial charge in [0.15, 0.2) is 11.6 Å². The highest BCUT2D eigenvalue weighted by molar-refractivity contribution is 5.53. The summed E-state index contributed by atoms with van der Waals surface area (Å²) >= 11 is 0. The van der Waals surface area contributed by atoms with Crippen molar-refractivity contribution in [3.63, 3.8) is 0 Å². The number of halogens is 2. The first-order valence-electron chi connectivity index (χ1n) is 6.57. The minimum absolute atomic E-state index is 0.00773. The standard InChI is InChI=1S/C14H15F2N3/c15-12-5-9(7-17)6-13(16)14(12)19-4-3-10-1-2-11(8-19)18-10/h5-6,10-11,18H,1-4,8H2. The van der Waals surface area contributed by atoms with Gasteiger partial charge in [-0.25, -0.2) is 8.78 Å². The molecular formula is C14H15F2N3. The molecule has 2 aliphatic rings. The number of hydrogen-bond acceptors (Lipinski definition) is 3. The third-order valence-electron chi connectivity index (χ3n) is 3.99. The van der Waals surface area contributed by atoms with Gasteiger partial charge in [0.25, 0.3) is 0 Å². The van der Waals surface area contributed by atoms with Crippen molar-refractivity contribution >= 4 is 5.69 Å². The summed E-state index contributed by atoms with van der Waals surface area (Å²) in [4.78, 5) is 1.77. The van der Waals surface area contributed by atoms with Crippen LogP contribution in [-0.4, -0.2) is 25.2 Å². The summed E-state index contributed by atoms with van der Waals surface area (Å²) in [6.45, 7) is 1.27. The van der Waals surface area contributed by atoms with Gasteiger partial charge in [-0.15, -0.1) is 0 Å². The maximum absolute atomic E-state index is 14.0. The highest BCUT2D eigenvalue weighted by atomic mass is 19.1. The predicted molar refractivity (Wildman–Crippen MR) is 67.8 cm³/mol. The van der Waals surface area contributed by atoms with Crippen molar-refractivity contribution in [1.82, 2.24) is 5.32 Å². The van der Waals surface area contributed by atoms with Gasteiger partial charge in [-0.2, -0.15) is 5.26 Å². The molecular weight excluding hydrogens is 248 g/mol. The maximum Gasteiger partial charge on any atom is 0.150 e. The largest absolute Gasteiger partial charge is 0.365 e. The molecule has 0 amide bonds. The quantitative estimate of drug-likeness (QED) is 0.844. The second-order valence-electron chi connectivity index (χ2n) is 5.27. The Bertz CT molecular complexity index is 515. The molecule has 2 atom stereocenters. The Morgan fingerprint density at radius 3 is 2.53 bits per heavy atom. The lowest BCUT2D eigenvalue weighted by Gasteiger charge is -2.27. The molecule has 1 aromatic carbocycles. The van der Waals surface area contributed by atoms with Gasteiger partial charge in [0, 0.05) is 25.2 Å². The average molecular weight is 263 g/mol. The van der Waals surface area contributed by atoms with E-state index < -0.39 is 11.6 Å². The van der Waals surface area contributed by atoms with Gasteiger partial charge in [-0.05, 0) is 31.4 Å². The normalized spacial score (nSPS) is 26.1. The first-order chi connectivity index (χ1) is 9.17. The molecule has 2 saturated heterocycles. The molecule has 0 spiro atoms. The molecule has 2 unspecified atom stereocenters. The SMILES string of the molecule is N#Cc1cc(F)c(N2CCC3CCC(C2)N3)c(F)c1. The Morgan fingerprint density at radius 1 is 1.16 bits per heavy atom. The molecule has 1 N–H and O–H groups in total. The lowest BCUT2D eigenvalue weighted by molar-refractivity contribution is 0.551. The van der Waals surface area contributed by atoms with Gasteiger partial charge in [0.05, 0.1) is 11.6 Å². The molecule has 0 radical (unpaired) electrons. The van der Waals surface area contributed by atoms with E-state index in [0.29, 0.717) is 25.2 Å². The van der Waals surface area contributed by atoms with Crippen molar-refractivity contribution in [3.05, 3.63) is 29.3 Å². The average Bonchev–Trinajstić information content (AvgIpc) is 2.70. The highest BCUT2D eigenvalue weighted by Gasteiger charge is 2.31. The van der Waals surface area contributed by atoms with Crippen molar-refractivity contribution in [2.24, 2.45) is 0 Å². The summed E-state index contributed by atoms with van der Waals surface area (Å²) in [7, 11) is 0. The summed E-state index contributed by atoms with van der Waals surface area (Å²) < 4.78 is 28.0. The Labute approximate surface area is 110 Å². The van der Waals surface area contributed by atoms with Crippen molar-refractivity contribution in [3.8, 4) is 6.07 Å². The number of nitrogens with one attached hydrogen (secondary N) is 1. The first kappa shape index (κ1) is 12.4. The fourth-order valence-corrected chi connectivity index (χ4v) is 3.08. The Balaban J connectivity index is 1.92. The van der Waals surface area contributed by atoms with Crippen molar-refractivity contribution in [2.45, 2.75) is 31.3 Å². The number of rotatable bonds is 1. The smallest absolute Gasteiger partial charge is 0.150 e. The summed E-state index contributed by atoms with van der Waals surface area (Å²) in [6.07, 6.45) is 3.10. The Hall–Kier alpha value is -1.67. The second kappa shape index (κ2) is 4.78. The molecule has 2 fully saturated rings. The molecule has 2 heterocycles. The fraction of sp³-hybridized carbons (Fsp3) is 0.500. The van der Waals surface area contributed by atoms with Crippen LogP contribution in [0.15, 0.2) is 12.1 Å². The van der Waals surface area contributed by atoms with E-state index in [2.05, 4.69) is 5.32 Å². The number of benzene rings is 1. The van der Waals surface area contributed by atoms with Crippen molar-refractivity contribution in [2.75, 3.05) is 18.0 Å². The van der Waals surface area contributed by atoms with Crippen LogP contribution in [0, 0.1) is 23.0 Å². The maximum atomic E-state index is 14.0. The van der Waals surface area contributed by atoms with Crippen LogP contribution < -0.4 is 10.2 Å². The van der Waals surface area contributed by atoms with Gasteiger partial charge in [-0.3, -0.25) is 0 Å². The minimum atomic E-state index is -0.644. The van der Waals surface area contributed by atoms with Crippen LogP contribution in [0.4, 0.5) is 14.5 Å². The van der Waals surface area contributed by atoms with E-state index in [1.807, 2.05) is 0 Å². The van der Waals surface area contributed by atoms with Crippen molar-refractivity contribution in [1.29, 1.82) is 5.26 Å². The number of nitriles is 1. The number of nitrogens with zero attached hydrogens (tertiary/aromatic N) is 2. The van der Waals surface area contributed by atoms with E-state index >= 15 is 0 Å². The molecule has 19 heavy (non-hydrogen) atoms. The van der Waals surface area contributed by atoms with E-state index in [1.54, 1.807) is 11.0 Å². The molecule has 1 aromatic rings.